The Morgan fingerprint density at radius 2 is 2.27 bits per heavy atom. The molecule has 1 rings (SSSR count). The molecule has 0 bridgehead atoms. The molecule has 0 aliphatic heterocycles. The molecule has 0 amide bonds. The number of nitro groups is 1. The molecule has 1 heterocycles. The average Bonchev–Trinajstić information content (AvgIpc) is 2.17. The zero-order valence-electron chi connectivity index (χ0n) is 8.39. The summed E-state index contributed by atoms with van der Waals surface area (Å²) in [6.45, 7) is 3.43. The van der Waals surface area contributed by atoms with Gasteiger partial charge in [-0.1, -0.05) is 0 Å². The molecule has 15 heavy (non-hydrogen) atoms. The van der Waals surface area contributed by atoms with Crippen molar-refractivity contribution in [3.05, 3.63) is 33.6 Å². The lowest BCUT2D eigenvalue weighted by molar-refractivity contribution is -0.385. The first-order valence-electron chi connectivity index (χ1n) is 4.35. The van der Waals surface area contributed by atoms with Crippen LogP contribution in [0, 0.1) is 17.0 Å². The molecule has 6 nitrogen and oxygen atoms in total. The van der Waals surface area contributed by atoms with Gasteiger partial charge in [0, 0.05) is 11.8 Å². The van der Waals surface area contributed by atoms with Gasteiger partial charge in [-0.05, 0) is 19.9 Å². The van der Waals surface area contributed by atoms with Crippen LogP contribution in [-0.2, 0) is 4.74 Å². The number of nitrogens with zero attached hydrogens (tertiary/aromatic N) is 2. The van der Waals surface area contributed by atoms with Crippen molar-refractivity contribution in [2.24, 2.45) is 0 Å². The van der Waals surface area contributed by atoms with E-state index in [9.17, 15) is 14.9 Å². The zero-order valence-corrected chi connectivity index (χ0v) is 8.39. The van der Waals surface area contributed by atoms with Gasteiger partial charge in [-0.25, -0.2) is 9.78 Å². The Hall–Kier alpha value is -1.98. The van der Waals surface area contributed by atoms with Gasteiger partial charge >= 0.3 is 11.7 Å². The number of hydrogen-bond donors (Lipinski definition) is 0. The summed E-state index contributed by atoms with van der Waals surface area (Å²) in [4.78, 5) is 25.1. The van der Waals surface area contributed by atoms with E-state index in [4.69, 9.17) is 0 Å². The SMILES string of the molecule is CCOC(=O)c1nc(C)ccc1[N+](=O)[O-]. The number of ether oxygens (including phenoxy) is 1. The summed E-state index contributed by atoms with van der Waals surface area (Å²) in [5.41, 5.74) is -0.0513. The van der Waals surface area contributed by atoms with Crippen molar-refractivity contribution >= 4 is 11.7 Å². The highest BCUT2D eigenvalue weighted by atomic mass is 16.6. The fourth-order valence-electron chi connectivity index (χ4n) is 1.05. The van der Waals surface area contributed by atoms with E-state index in [2.05, 4.69) is 9.72 Å². The third kappa shape index (κ3) is 2.49. The van der Waals surface area contributed by atoms with Gasteiger partial charge in [-0.2, -0.15) is 0 Å². The van der Waals surface area contributed by atoms with Crippen LogP contribution in [0.5, 0.6) is 0 Å². The Morgan fingerprint density at radius 1 is 1.60 bits per heavy atom. The van der Waals surface area contributed by atoms with E-state index in [1.807, 2.05) is 0 Å². The lowest BCUT2D eigenvalue weighted by Gasteiger charge is -2.02. The Bertz CT molecular complexity index is 403. The molecule has 0 saturated carbocycles. The van der Waals surface area contributed by atoms with Gasteiger partial charge in [0.1, 0.15) is 0 Å². The maximum Gasteiger partial charge on any atom is 0.364 e. The van der Waals surface area contributed by atoms with Crippen LogP contribution in [0.4, 0.5) is 5.69 Å². The first kappa shape index (κ1) is 11.1. The second-order valence-electron chi connectivity index (χ2n) is 2.80. The molecule has 6 heteroatoms. The summed E-state index contributed by atoms with van der Waals surface area (Å²) in [5, 5.41) is 10.6. The number of carbonyl (C=O) groups excluding carboxylic acids is 1. The first-order valence-corrected chi connectivity index (χ1v) is 4.35. The number of hydrogen-bond acceptors (Lipinski definition) is 5. The van der Waals surface area contributed by atoms with Crippen molar-refractivity contribution in [1.29, 1.82) is 0 Å². The van der Waals surface area contributed by atoms with Gasteiger partial charge in [0.2, 0.25) is 5.69 Å². The van der Waals surface area contributed by atoms with E-state index in [-0.39, 0.29) is 18.0 Å². The maximum absolute atomic E-state index is 11.3. The van der Waals surface area contributed by atoms with Crippen molar-refractivity contribution in [1.82, 2.24) is 4.98 Å². The van der Waals surface area contributed by atoms with Crippen LogP contribution >= 0.6 is 0 Å². The topological polar surface area (TPSA) is 82.3 Å². The summed E-state index contributed by atoms with van der Waals surface area (Å²) < 4.78 is 4.67. The largest absolute Gasteiger partial charge is 0.461 e. The standard InChI is InChI=1S/C9H10N2O4/c1-3-15-9(12)8-7(11(13)14)5-4-6(2)10-8/h4-5H,3H2,1-2H3. The summed E-state index contributed by atoms with van der Waals surface area (Å²) in [6, 6.07) is 2.72. The molecular weight excluding hydrogens is 200 g/mol. The molecule has 0 radical (unpaired) electrons. The minimum atomic E-state index is -0.770. The third-order valence-electron chi connectivity index (χ3n) is 1.68. The van der Waals surface area contributed by atoms with E-state index in [1.165, 1.54) is 12.1 Å². The molecule has 1 aromatic rings. The van der Waals surface area contributed by atoms with E-state index in [0.29, 0.717) is 5.69 Å². The molecule has 0 saturated heterocycles. The predicted octanol–water partition coefficient (Wildman–Crippen LogP) is 1.47. The van der Waals surface area contributed by atoms with Crippen LogP contribution in [-0.4, -0.2) is 22.5 Å². The fraction of sp³-hybridized carbons (Fsp3) is 0.333. The van der Waals surface area contributed by atoms with Gasteiger partial charge < -0.3 is 4.74 Å². The molecule has 0 unspecified atom stereocenters. The van der Waals surface area contributed by atoms with Crippen LogP contribution in [0.2, 0.25) is 0 Å². The summed E-state index contributed by atoms with van der Waals surface area (Å²) in [5.74, 6) is -0.770. The monoisotopic (exact) mass is 210 g/mol. The normalized spacial score (nSPS) is 9.73. The van der Waals surface area contributed by atoms with Crippen LogP contribution < -0.4 is 0 Å². The van der Waals surface area contributed by atoms with Crippen molar-refractivity contribution in [2.45, 2.75) is 13.8 Å². The van der Waals surface area contributed by atoms with Gasteiger partial charge in [0.15, 0.2) is 0 Å². The minimum absolute atomic E-state index is 0.158. The van der Waals surface area contributed by atoms with Crippen molar-refractivity contribution in [2.75, 3.05) is 6.61 Å². The number of carbonyl (C=O) groups is 1. The van der Waals surface area contributed by atoms with E-state index >= 15 is 0 Å². The molecule has 0 atom stereocenters. The Morgan fingerprint density at radius 3 is 2.80 bits per heavy atom. The van der Waals surface area contributed by atoms with Crippen LogP contribution in [0.1, 0.15) is 23.1 Å². The highest BCUT2D eigenvalue weighted by Crippen LogP contribution is 2.17. The third-order valence-corrected chi connectivity index (χ3v) is 1.68. The second-order valence-corrected chi connectivity index (χ2v) is 2.80. The molecule has 1 aromatic heterocycles. The average molecular weight is 210 g/mol. The number of esters is 1. The Labute approximate surface area is 86.0 Å². The summed E-state index contributed by atoms with van der Waals surface area (Å²) >= 11 is 0. The maximum atomic E-state index is 11.3. The summed E-state index contributed by atoms with van der Waals surface area (Å²) in [6.07, 6.45) is 0. The van der Waals surface area contributed by atoms with E-state index < -0.39 is 10.9 Å². The number of rotatable bonds is 3. The van der Waals surface area contributed by atoms with Crippen molar-refractivity contribution in [3.8, 4) is 0 Å². The molecule has 0 aliphatic rings. The molecule has 0 N–H and O–H groups in total. The first-order chi connectivity index (χ1) is 7.06. The van der Waals surface area contributed by atoms with Gasteiger partial charge in [0.05, 0.1) is 11.5 Å². The smallest absolute Gasteiger partial charge is 0.364 e. The summed E-state index contributed by atoms with van der Waals surface area (Å²) in [7, 11) is 0. The number of pyridine rings is 1. The molecule has 0 aliphatic carbocycles. The van der Waals surface area contributed by atoms with Crippen LogP contribution in [0.25, 0.3) is 0 Å². The highest BCUT2D eigenvalue weighted by molar-refractivity contribution is 5.91. The van der Waals surface area contributed by atoms with Gasteiger partial charge in [-0.15, -0.1) is 0 Å². The Kier molecular flexibility index (Phi) is 3.33. The lowest BCUT2D eigenvalue weighted by atomic mass is 10.2. The second kappa shape index (κ2) is 4.50. The number of aryl methyl sites for hydroxylation is 1. The van der Waals surface area contributed by atoms with E-state index in [0.717, 1.165) is 0 Å². The van der Waals surface area contributed by atoms with Crippen LogP contribution in [0.3, 0.4) is 0 Å². The van der Waals surface area contributed by atoms with Crippen molar-refractivity contribution in [3.63, 3.8) is 0 Å². The highest BCUT2D eigenvalue weighted by Gasteiger charge is 2.22. The quantitative estimate of drug-likeness (QED) is 0.428. The fourth-order valence-corrected chi connectivity index (χ4v) is 1.05. The zero-order chi connectivity index (χ0) is 11.4. The van der Waals surface area contributed by atoms with E-state index in [1.54, 1.807) is 13.8 Å². The lowest BCUT2D eigenvalue weighted by Crippen LogP contribution is -2.10. The molecule has 0 fully saturated rings. The van der Waals surface area contributed by atoms with Gasteiger partial charge in [0.25, 0.3) is 0 Å². The van der Waals surface area contributed by atoms with Crippen LogP contribution in [0.15, 0.2) is 12.1 Å². The molecule has 80 valence electrons. The van der Waals surface area contributed by atoms with Crippen molar-refractivity contribution < 1.29 is 14.5 Å². The minimum Gasteiger partial charge on any atom is -0.461 e. The predicted molar refractivity (Wildman–Crippen MR) is 51.6 cm³/mol. The molecule has 0 spiro atoms. The van der Waals surface area contributed by atoms with Gasteiger partial charge in [-0.3, -0.25) is 10.1 Å². The molecular formula is C9H10N2O4. The molecule has 0 aromatic carbocycles. The number of aromatic nitrogens is 1. The Balaban J connectivity index is 3.18.